The third-order valence-electron chi connectivity index (χ3n) is 1.92. The van der Waals surface area contributed by atoms with Crippen LogP contribution in [0.5, 0.6) is 5.75 Å². The van der Waals surface area contributed by atoms with Crippen molar-refractivity contribution < 1.29 is 14.6 Å². The van der Waals surface area contributed by atoms with Gasteiger partial charge in [0.05, 0.1) is 24.3 Å². The summed E-state index contributed by atoms with van der Waals surface area (Å²) in [6.45, 7) is 1.63. The second kappa shape index (κ2) is 3.79. The number of carbonyl (C=O) groups is 1. The maximum absolute atomic E-state index is 11.2. The zero-order chi connectivity index (χ0) is 10.7. The Hall–Kier alpha value is -2.02. The van der Waals surface area contributed by atoms with Crippen molar-refractivity contribution in [3.63, 3.8) is 0 Å². The molecule has 0 bridgehead atoms. The quantitative estimate of drug-likeness (QED) is 0.680. The van der Waals surface area contributed by atoms with Crippen LogP contribution in [-0.4, -0.2) is 18.2 Å². The van der Waals surface area contributed by atoms with E-state index in [0.717, 1.165) is 0 Å². The molecule has 0 amide bonds. The second-order valence-corrected chi connectivity index (χ2v) is 2.77. The van der Waals surface area contributed by atoms with Crippen LogP contribution in [-0.2, 0) is 4.74 Å². The molecule has 0 atom stereocenters. The van der Waals surface area contributed by atoms with Gasteiger partial charge in [-0.3, -0.25) is 0 Å². The summed E-state index contributed by atoms with van der Waals surface area (Å²) in [7, 11) is 1.25. The number of carbonyl (C=O) groups excluding carboxylic acids is 1. The summed E-state index contributed by atoms with van der Waals surface area (Å²) >= 11 is 0. The number of hydrogen-bond donors (Lipinski definition) is 1. The van der Waals surface area contributed by atoms with Gasteiger partial charge in [0.25, 0.3) is 0 Å². The Labute approximate surface area is 81.4 Å². The number of nitrogens with zero attached hydrogens (tertiary/aromatic N) is 1. The van der Waals surface area contributed by atoms with Crippen LogP contribution in [0.25, 0.3) is 0 Å². The number of benzene rings is 1. The van der Waals surface area contributed by atoms with E-state index >= 15 is 0 Å². The van der Waals surface area contributed by atoms with Crippen LogP contribution in [0.4, 0.5) is 0 Å². The molecule has 1 rings (SSSR count). The summed E-state index contributed by atoms with van der Waals surface area (Å²) in [6.07, 6.45) is 0. The first kappa shape index (κ1) is 10.1. The Balaban J connectivity index is 3.38. The van der Waals surface area contributed by atoms with Gasteiger partial charge in [0.15, 0.2) is 0 Å². The van der Waals surface area contributed by atoms with Crippen LogP contribution >= 0.6 is 0 Å². The maximum atomic E-state index is 11.2. The van der Waals surface area contributed by atoms with Crippen LogP contribution in [0.15, 0.2) is 12.1 Å². The van der Waals surface area contributed by atoms with Crippen molar-refractivity contribution in [1.29, 1.82) is 5.26 Å². The van der Waals surface area contributed by atoms with E-state index in [2.05, 4.69) is 4.74 Å². The lowest BCUT2D eigenvalue weighted by Crippen LogP contribution is -2.04. The van der Waals surface area contributed by atoms with Gasteiger partial charge in [0, 0.05) is 0 Å². The van der Waals surface area contributed by atoms with E-state index < -0.39 is 5.97 Å². The van der Waals surface area contributed by atoms with E-state index in [4.69, 9.17) is 5.26 Å². The van der Waals surface area contributed by atoms with Crippen LogP contribution in [0.1, 0.15) is 21.5 Å². The summed E-state index contributed by atoms with van der Waals surface area (Å²) < 4.78 is 4.51. The van der Waals surface area contributed by atoms with E-state index in [9.17, 15) is 9.90 Å². The fraction of sp³-hybridized carbons (Fsp3) is 0.200. The zero-order valence-corrected chi connectivity index (χ0v) is 7.87. The van der Waals surface area contributed by atoms with Crippen molar-refractivity contribution in [3.05, 3.63) is 28.8 Å². The number of hydrogen-bond acceptors (Lipinski definition) is 4. The first-order valence-corrected chi connectivity index (χ1v) is 3.92. The van der Waals surface area contributed by atoms with Crippen molar-refractivity contribution in [3.8, 4) is 11.8 Å². The smallest absolute Gasteiger partial charge is 0.338 e. The summed E-state index contributed by atoms with van der Waals surface area (Å²) in [5, 5.41) is 17.9. The van der Waals surface area contributed by atoms with Crippen LogP contribution in [0, 0.1) is 18.3 Å². The van der Waals surface area contributed by atoms with Crippen molar-refractivity contribution in [2.75, 3.05) is 7.11 Å². The molecule has 4 nitrogen and oxygen atoms in total. The number of rotatable bonds is 1. The Morgan fingerprint density at radius 1 is 1.57 bits per heavy atom. The molecular formula is C10H9NO3. The third-order valence-corrected chi connectivity index (χ3v) is 1.92. The van der Waals surface area contributed by atoms with Gasteiger partial charge in [-0.1, -0.05) is 0 Å². The molecule has 0 aliphatic rings. The SMILES string of the molecule is COC(=O)c1cc(O)cc(C#N)c1C. The average molecular weight is 191 g/mol. The number of aromatic hydroxyl groups is 1. The van der Waals surface area contributed by atoms with Gasteiger partial charge in [0.1, 0.15) is 5.75 Å². The van der Waals surface area contributed by atoms with Crippen molar-refractivity contribution >= 4 is 5.97 Å². The number of esters is 1. The highest BCUT2D eigenvalue weighted by Gasteiger charge is 2.13. The number of phenols is 1. The lowest BCUT2D eigenvalue weighted by Gasteiger charge is -2.05. The molecule has 0 radical (unpaired) electrons. The molecular weight excluding hydrogens is 182 g/mol. The minimum absolute atomic E-state index is 0.118. The predicted octanol–water partition coefficient (Wildman–Crippen LogP) is 1.36. The van der Waals surface area contributed by atoms with E-state index in [0.29, 0.717) is 5.56 Å². The summed E-state index contributed by atoms with van der Waals surface area (Å²) in [4.78, 5) is 11.2. The first-order valence-electron chi connectivity index (χ1n) is 3.92. The molecule has 1 N–H and O–H groups in total. The average Bonchev–Trinajstić information content (AvgIpc) is 2.19. The van der Waals surface area contributed by atoms with E-state index in [1.165, 1.54) is 19.2 Å². The molecule has 0 unspecified atom stereocenters. The minimum Gasteiger partial charge on any atom is -0.508 e. The van der Waals surface area contributed by atoms with Crippen molar-refractivity contribution in [2.45, 2.75) is 6.92 Å². The highest BCUT2D eigenvalue weighted by atomic mass is 16.5. The lowest BCUT2D eigenvalue weighted by atomic mass is 10.0. The van der Waals surface area contributed by atoms with Gasteiger partial charge in [-0.2, -0.15) is 5.26 Å². The van der Waals surface area contributed by atoms with Gasteiger partial charge in [0.2, 0.25) is 0 Å². The van der Waals surface area contributed by atoms with E-state index in [1.807, 2.05) is 6.07 Å². The number of ether oxygens (including phenoxy) is 1. The monoisotopic (exact) mass is 191 g/mol. The highest BCUT2D eigenvalue weighted by molar-refractivity contribution is 5.92. The summed E-state index contributed by atoms with van der Waals surface area (Å²) in [5.74, 6) is -0.678. The first-order chi connectivity index (χ1) is 6.60. The Kier molecular flexibility index (Phi) is 2.73. The van der Waals surface area contributed by atoms with Crippen LogP contribution in [0.3, 0.4) is 0 Å². The largest absolute Gasteiger partial charge is 0.508 e. The van der Waals surface area contributed by atoms with Crippen LogP contribution < -0.4 is 0 Å². The van der Waals surface area contributed by atoms with Crippen molar-refractivity contribution in [2.24, 2.45) is 0 Å². The van der Waals surface area contributed by atoms with E-state index in [1.54, 1.807) is 6.92 Å². The van der Waals surface area contributed by atoms with Gasteiger partial charge in [-0.25, -0.2) is 4.79 Å². The minimum atomic E-state index is -0.560. The summed E-state index contributed by atoms with van der Waals surface area (Å²) in [5.41, 5.74) is 0.992. The highest BCUT2D eigenvalue weighted by Crippen LogP contribution is 2.21. The fourth-order valence-corrected chi connectivity index (χ4v) is 1.14. The normalized spacial score (nSPS) is 9.21. The molecule has 14 heavy (non-hydrogen) atoms. The third kappa shape index (κ3) is 1.67. The van der Waals surface area contributed by atoms with Gasteiger partial charge >= 0.3 is 5.97 Å². The van der Waals surface area contributed by atoms with Gasteiger partial charge in [-0.15, -0.1) is 0 Å². The number of nitriles is 1. The Morgan fingerprint density at radius 2 is 2.21 bits per heavy atom. The van der Waals surface area contributed by atoms with Gasteiger partial charge < -0.3 is 9.84 Å². The second-order valence-electron chi connectivity index (χ2n) is 2.77. The van der Waals surface area contributed by atoms with Crippen molar-refractivity contribution in [1.82, 2.24) is 0 Å². The summed E-state index contributed by atoms with van der Waals surface area (Å²) in [6, 6.07) is 4.47. The lowest BCUT2D eigenvalue weighted by molar-refractivity contribution is 0.0599. The molecule has 1 aromatic carbocycles. The number of methoxy groups -OCH3 is 1. The van der Waals surface area contributed by atoms with Gasteiger partial charge in [-0.05, 0) is 24.6 Å². The molecule has 0 aliphatic carbocycles. The van der Waals surface area contributed by atoms with E-state index in [-0.39, 0.29) is 16.9 Å². The molecule has 72 valence electrons. The molecule has 0 spiro atoms. The molecule has 0 aliphatic heterocycles. The zero-order valence-electron chi connectivity index (χ0n) is 7.87. The predicted molar refractivity (Wildman–Crippen MR) is 48.9 cm³/mol. The topological polar surface area (TPSA) is 70.3 Å². The standard InChI is InChI=1S/C10H9NO3/c1-6-7(5-11)3-8(12)4-9(6)10(13)14-2/h3-4,12H,1-2H3. The molecule has 0 saturated heterocycles. The Bertz CT molecular complexity index is 418. The fourth-order valence-electron chi connectivity index (χ4n) is 1.14. The molecule has 1 aromatic rings. The van der Waals surface area contributed by atoms with Crippen LogP contribution in [0.2, 0.25) is 0 Å². The maximum Gasteiger partial charge on any atom is 0.338 e. The Morgan fingerprint density at radius 3 is 2.71 bits per heavy atom. The molecule has 0 aromatic heterocycles. The molecule has 0 saturated carbocycles. The number of phenolic OH excluding ortho intramolecular Hbond substituents is 1. The molecule has 4 heteroatoms. The molecule has 0 fully saturated rings. The molecule has 0 heterocycles.